The van der Waals surface area contributed by atoms with Crippen LogP contribution in [0.2, 0.25) is 0 Å². The van der Waals surface area contributed by atoms with E-state index in [0.717, 1.165) is 16.9 Å². The first-order valence-electron chi connectivity index (χ1n) is 7.03. The van der Waals surface area contributed by atoms with E-state index < -0.39 is 0 Å². The third-order valence-electron chi connectivity index (χ3n) is 3.59. The molecule has 3 aromatic rings. The number of aryl methyl sites for hydroxylation is 1. The van der Waals surface area contributed by atoms with Gasteiger partial charge < -0.3 is 9.73 Å². The molecule has 1 N–H and O–H groups in total. The molecule has 0 unspecified atom stereocenters. The Morgan fingerprint density at radius 1 is 1.05 bits per heavy atom. The van der Waals surface area contributed by atoms with Crippen LogP contribution in [0.4, 0.5) is 5.69 Å². The van der Waals surface area contributed by atoms with Crippen LogP contribution in [0, 0.1) is 13.8 Å². The van der Waals surface area contributed by atoms with Gasteiger partial charge >= 0.3 is 0 Å². The van der Waals surface area contributed by atoms with E-state index in [9.17, 15) is 4.79 Å². The summed E-state index contributed by atoms with van der Waals surface area (Å²) < 4.78 is 5.82. The first kappa shape index (κ1) is 14.1. The van der Waals surface area contributed by atoms with Crippen molar-refractivity contribution in [3.63, 3.8) is 0 Å². The van der Waals surface area contributed by atoms with Crippen molar-refractivity contribution in [3.05, 3.63) is 71.7 Å². The van der Waals surface area contributed by atoms with Gasteiger partial charge in [0.15, 0.2) is 0 Å². The predicted octanol–water partition coefficient (Wildman–Crippen LogP) is 4.21. The van der Waals surface area contributed by atoms with Crippen LogP contribution in [0.25, 0.3) is 11.3 Å². The second-order valence-corrected chi connectivity index (χ2v) is 5.04. The molecule has 3 rings (SSSR count). The summed E-state index contributed by atoms with van der Waals surface area (Å²) >= 11 is 0. The second-order valence-electron chi connectivity index (χ2n) is 5.04. The van der Waals surface area contributed by atoms with Crippen LogP contribution in [-0.2, 0) is 0 Å². The summed E-state index contributed by atoms with van der Waals surface area (Å²) in [4.78, 5) is 16.6. The van der Waals surface area contributed by atoms with Crippen molar-refractivity contribution in [2.75, 3.05) is 5.32 Å². The normalized spacial score (nSPS) is 10.5. The van der Waals surface area contributed by atoms with Crippen LogP contribution < -0.4 is 5.32 Å². The zero-order valence-corrected chi connectivity index (χ0v) is 12.5. The Balaban J connectivity index is 2.01. The number of benzene rings is 1. The van der Waals surface area contributed by atoms with Gasteiger partial charge in [0.05, 0.1) is 5.56 Å². The number of carbonyl (C=O) groups excluding carboxylic acids is 1. The van der Waals surface area contributed by atoms with E-state index in [4.69, 9.17) is 4.42 Å². The van der Waals surface area contributed by atoms with Gasteiger partial charge in [-0.2, -0.15) is 0 Å². The highest BCUT2D eigenvalue weighted by Gasteiger charge is 2.22. The Morgan fingerprint density at radius 2 is 1.73 bits per heavy atom. The summed E-state index contributed by atoms with van der Waals surface area (Å²) in [6.45, 7) is 3.76. The van der Waals surface area contributed by atoms with E-state index in [1.54, 1.807) is 24.5 Å². The lowest BCUT2D eigenvalue weighted by Gasteiger charge is -2.06. The monoisotopic (exact) mass is 292 g/mol. The lowest BCUT2D eigenvalue weighted by Crippen LogP contribution is -2.13. The van der Waals surface area contributed by atoms with Crippen molar-refractivity contribution >= 4 is 11.6 Å². The molecule has 4 nitrogen and oxygen atoms in total. The van der Waals surface area contributed by atoms with Crippen LogP contribution >= 0.6 is 0 Å². The van der Waals surface area contributed by atoms with E-state index in [0.29, 0.717) is 17.0 Å². The van der Waals surface area contributed by atoms with Gasteiger partial charge in [-0.15, -0.1) is 0 Å². The second kappa shape index (κ2) is 5.85. The number of rotatable bonds is 3. The summed E-state index contributed by atoms with van der Waals surface area (Å²) in [6, 6.07) is 13.1. The van der Waals surface area contributed by atoms with Gasteiger partial charge in [0, 0.05) is 29.2 Å². The van der Waals surface area contributed by atoms with Gasteiger partial charge in [0.1, 0.15) is 11.5 Å². The number of furan rings is 1. The highest BCUT2D eigenvalue weighted by atomic mass is 16.3. The molecule has 1 amide bonds. The molecule has 0 radical (unpaired) electrons. The van der Waals surface area contributed by atoms with Crippen molar-refractivity contribution in [1.82, 2.24) is 4.98 Å². The lowest BCUT2D eigenvalue weighted by molar-refractivity contribution is 0.102. The highest BCUT2D eigenvalue weighted by molar-refractivity contribution is 6.09. The van der Waals surface area contributed by atoms with Crippen LogP contribution in [0.5, 0.6) is 0 Å². The van der Waals surface area contributed by atoms with E-state index >= 15 is 0 Å². The molecule has 110 valence electrons. The van der Waals surface area contributed by atoms with Crippen molar-refractivity contribution in [1.29, 1.82) is 0 Å². The van der Waals surface area contributed by atoms with Gasteiger partial charge in [-0.1, -0.05) is 30.3 Å². The molecule has 1 aromatic carbocycles. The Bertz CT molecular complexity index is 793. The molecule has 2 heterocycles. The number of aromatic nitrogens is 1. The van der Waals surface area contributed by atoms with Crippen LogP contribution in [0.15, 0.2) is 59.3 Å². The number of nitrogens with zero attached hydrogens (tertiary/aromatic N) is 1. The molecular formula is C18H16N2O2. The summed E-state index contributed by atoms with van der Waals surface area (Å²) in [5.41, 5.74) is 3.02. The molecule has 0 aliphatic heterocycles. The van der Waals surface area contributed by atoms with Crippen LogP contribution in [-0.4, -0.2) is 10.9 Å². The number of carbonyl (C=O) groups is 1. The summed E-state index contributed by atoms with van der Waals surface area (Å²) in [5, 5.41) is 2.88. The number of pyridine rings is 1. The number of nitrogens with one attached hydrogen (secondary N) is 1. The van der Waals surface area contributed by atoms with Gasteiger partial charge in [-0.05, 0) is 26.0 Å². The SMILES string of the molecule is Cc1oc(-c2ccccc2)c(C(=O)Nc2ccncc2)c1C. The number of amides is 1. The minimum atomic E-state index is -0.181. The predicted molar refractivity (Wildman–Crippen MR) is 85.8 cm³/mol. The van der Waals surface area contributed by atoms with Gasteiger partial charge in [-0.25, -0.2) is 0 Å². The molecule has 4 heteroatoms. The maximum atomic E-state index is 12.7. The molecule has 0 atom stereocenters. The van der Waals surface area contributed by atoms with Crippen LogP contribution in [0.3, 0.4) is 0 Å². The minimum Gasteiger partial charge on any atom is -0.460 e. The van der Waals surface area contributed by atoms with E-state index in [2.05, 4.69) is 10.3 Å². The fraction of sp³-hybridized carbons (Fsp3) is 0.111. The average Bonchev–Trinajstić information content (AvgIpc) is 2.85. The average molecular weight is 292 g/mol. The van der Waals surface area contributed by atoms with Crippen molar-refractivity contribution in [2.45, 2.75) is 13.8 Å². The number of anilines is 1. The third-order valence-corrected chi connectivity index (χ3v) is 3.59. The molecule has 0 aliphatic rings. The first-order valence-corrected chi connectivity index (χ1v) is 7.03. The summed E-state index contributed by atoms with van der Waals surface area (Å²) in [5.74, 6) is 1.17. The maximum Gasteiger partial charge on any atom is 0.259 e. The summed E-state index contributed by atoms with van der Waals surface area (Å²) in [6.07, 6.45) is 3.28. The third kappa shape index (κ3) is 2.63. The van der Waals surface area contributed by atoms with Gasteiger partial charge in [-0.3, -0.25) is 9.78 Å². The molecule has 0 saturated carbocycles. The molecule has 2 aromatic heterocycles. The van der Waals surface area contributed by atoms with Crippen molar-refractivity contribution in [3.8, 4) is 11.3 Å². The Labute approximate surface area is 128 Å². The number of hydrogen-bond donors (Lipinski definition) is 1. The molecule has 0 fully saturated rings. The largest absolute Gasteiger partial charge is 0.460 e. The van der Waals surface area contributed by atoms with E-state index in [1.165, 1.54) is 0 Å². The molecule has 22 heavy (non-hydrogen) atoms. The highest BCUT2D eigenvalue weighted by Crippen LogP contribution is 2.31. The minimum absolute atomic E-state index is 0.181. The van der Waals surface area contributed by atoms with Crippen molar-refractivity contribution in [2.24, 2.45) is 0 Å². The molecule has 0 bridgehead atoms. The standard InChI is InChI=1S/C18H16N2O2/c1-12-13(2)22-17(14-6-4-3-5-7-14)16(12)18(21)20-15-8-10-19-11-9-15/h3-11H,1-2H3,(H,19,20,21). The van der Waals surface area contributed by atoms with Crippen molar-refractivity contribution < 1.29 is 9.21 Å². The van der Waals surface area contributed by atoms with Gasteiger partial charge in [0.2, 0.25) is 0 Å². The smallest absolute Gasteiger partial charge is 0.259 e. The topological polar surface area (TPSA) is 55.1 Å². The van der Waals surface area contributed by atoms with Crippen LogP contribution in [0.1, 0.15) is 21.7 Å². The molecule has 0 aliphatic carbocycles. The zero-order valence-electron chi connectivity index (χ0n) is 12.5. The quantitative estimate of drug-likeness (QED) is 0.786. The molecule has 0 spiro atoms. The molecule has 0 saturated heterocycles. The lowest BCUT2D eigenvalue weighted by atomic mass is 10.0. The van der Waals surface area contributed by atoms with Gasteiger partial charge in [0.25, 0.3) is 5.91 Å². The molecular weight excluding hydrogens is 276 g/mol. The Kier molecular flexibility index (Phi) is 3.74. The van der Waals surface area contributed by atoms with E-state index in [1.807, 2.05) is 44.2 Å². The fourth-order valence-corrected chi connectivity index (χ4v) is 2.32. The van der Waals surface area contributed by atoms with E-state index in [-0.39, 0.29) is 5.91 Å². The fourth-order valence-electron chi connectivity index (χ4n) is 2.32. The zero-order chi connectivity index (χ0) is 15.5. The summed E-state index contributed by atoms with van der Waals surface area (Å²) in [7, 11) is 0. The number of hydrogen-bond acceptors (Lipinski definition) is 3. The first-order chi connectivity index (χ1) is 10.7. The Hall–Kier alpha value is -2.88. The Morgan fingerprint density at radius 3 is 2.41 bits per heavy atom. The maximum absolute atomic E-state index is 12.7.